The number of esters is 1. The Morgan fingerprint density at radius 1 is 1.24 bits per heavy atom. The summed E-state index contributed by atoms with van der Waals surface area (Å²) in [5.74, 6) is 0.594. The molecule has 2 N–H and O–H groups in total. The minimum absolute atomic E-state index is 0.0357. The summed E-state index contributed by atoms with van der Waals surface area (Å²) in [7, 11) is 0. The number of benzene rings is 1. The van der Waals surface area contributed by atoms with Crippen LogP contribution in [-0.4, -0.2) is 48.1 Å². The van der Waals surface area contributed by atoms with Gasteiger partial charge < -0.3 is 24.5 Å². The maximum absolute atomic E-state index is 12.7. The van der Waals surface area contributed by atoms with Crippen LogP contribution in [0.2, 0.25) is 0 Å². The third-order valence-corrected chi connectivity index (χ3v) is 5.15. The second kappa shape index (κ2) is 8.53. The van der Waals surface area contributed by atoms with E-state index in [1.807, 2.05) is 0 Å². The Balaban J connectivity index is 1.83. The minimum Gasteiger partial charge on any atom is -0.508 e. The standard InChI is InChI=1S/C22H26N2O5/c1-5-24(6-2)10-9-23-21(26)20-13(3)19(28-14(20)4)12-17-16-11-15(25)7-8-18(16)29-22(17)27/h7-8,11-12,25H,5-6,9-10H2,1-4H3,(H,23,26)/b17-12-. The molecule has 2 aromatic rings. The predicted molar refractivity (Wildman–Crippen MR) is 110 cm³/mol. The molecular weight excluding hydrogens is 372 g/mol. The molecule has 29 heavy (non-hydrogen) atoms. The molecule has 154 valence electrons. The lowest BCUT2D eigenvalue weighted by molar-refractivity contribution is -0.126. The third-order valence-electron chi connectivity index (χ3n) is 5.15. The summed E-state index contributed by atoms with van der Waals surface area (Å²) in [5.41, 5.74) is 1.89. The van der Waals surface area contributed by atoms with E-state index >= 15 is 0 Å². The summed E-state index contributed by atoms with van der Waals surface area (Å²) in [6.45, 7) is 10.9. The summed E-state index contributed by atoms with van der Waals surface area (Å²) in [6, 6.07) is 4.47. The van der Waals surface area contributed by atoms with Crippen LogP contribution in [0.4, 0.5) is 0 Å². The van der Waals surface area contributed by atoms with Gasteiger partial charge in [-0.1, -0.05) is 13.8 Å². The molecule has 1 amide bonds. The van der Waals surface area contributed by atoms with Gasteiger partial charge in [-0.25, -0.2) is 4.79 Å². The Bertz CT molecular complexity index is 970. The van der Waals surface area contributed by atoms with Gasteiger partial charge in [0.05, 0.1) is 11.1 Å². The first-order chi connectivity index (χ1) is 13.8. The zero-order chi connectivity index (χ0) is 21.1. The topological polar surface area (TPSA) is 92.0 Å². The molecule has 0 spiro atoms. The number of nitrogens with one attached hydrogen (secondary N) is 1. The molecule has 2 heterocycles. The highest BCUT2D eigenvalue weighted by Crippen LogP contribution is 2.38. The van der Waals surface area contributed by atoms with E-state index in [2.05, 4.69) is 24.1 Å². The van der Waals surface area contributed by atoms with E-state index in [-0.39, 0.29) is 17.2 Å². The van der Waals surface area contributed by atoms with Crippen molar-refractivity contribution in [3.05, 3.63) is 46.4 Å². The number of phenols is 1. The first-order valence-corrected chi connectivity index (χ1v) is 9.73. The fraction of sp³-hybridized carbons (Fsp3) is 0.364. The van der Waals surface area contributed by atoms with Crippen LogP contribution < -0.4 is 10.1 Å². The van der Waals surface area contributed by atoms with Gasteiger partial charge in [0.1, 0.15) is 23.0 Å². The molecule has 7 nitrogen and oxygen atoms in total. The number of carbonyl (C=O) groups excluding carboxylic acids is 2. The molecule has 1 aliphatic rings. The summed E-state index contributed by atoms with van der Waals surface area (Å²) >= 11 is 0. The SMILES string of the molecule is CCN(CC)CCNC(=O)c1c(C)oc(/C=C2\C(=O)Oc3ccc(O)cc32)c1C. The lowest BCUT2D eigenvalue weighted by Crippen LogP contribution is -2.35. The van der Waals surface area contributed by atoms with Gasteiger partial charge in [0.15, 0.2) is 0 Å². The molecule has 0 aliphatic carbocycles. The fourth-order valence-electron chi connectivity index (χ4n) is 3.45. The van der Waals surface area contributed by atoms with Crippen LogP contribution >= 0.6 is 0 Å². The summed E-state index contributed by atoms with van der Waals surface area (Å²) < 4.78 is 11.0. The number of furan rings is 1. The lowest BCUT2D eigenvalue weighted by atomic mass is 10.0. The second-order valence-electron chi connectivity index (χ2n) is 6.93. The number of nitrogens with zero attached hydrogens (tertiary/aromatic N) is 1. The van der Waals surface area contributed by atoms with E-state index in [0.29, 0.717) is 40.5 Å². The zero-order valence-electron chi connectivity index (χ0n) is 17.2. The Kier molecular flexibility index (Phi) is 6.08. The lowest BCUT2D eigenvalue weighted by Gasteiger charge is -2.17. The molecule has 0 atom stereocenters. The van der Waals surface area contributed by atoms with E-state index in [1.54, 1.807) is 26.0 Å². The molecule has 0 fully saturated rings. The molecule has 0 radical (unpaired) electrons. The number of phenolic OH excluding ortho intramolecular Hbond substituents is 1. The minimum atomic E-state index is -0.524. The quantitative estimate of drug-likeness (QED) is 0.423. The van der Waals surface area contributed by atoms with Crippen LogP contribution in [-0.2, 0) is 4.79 Å². The highest BCUT2D eigenvalue weighted by Gasteiger charge is 2.29. The number of aromatic hydroxyl groups is 1. The predicted octanol–water partition coefficient (Wildman–Crippen LogP) is 3.13. The van der Waals surface area contributed by atoms with E-state index in [1.165, 1.54) is 12.1 Å². The molecule has 0 saturated heterocycles. The number of fused-ring (bicyclic) bond motifs is 1. The number of ether oxygens (including phenoxy) is 1. The summed E-state index contributed by atoms with van der Waals surface area (Å²) in [4.78, 5) is 27.1. The van der Waals surface area contributed by atoms with Crippen molar-refractivity contribution in [3.63, 3.8) is 0 Å². The third kappa shape index (κ3) is 4.19. The van der Waals surface area contributed by atoms with Crippen LogP contribution in [0.25, 0.3) is 11.6 Å². The number of carbonyl (C=O) groups is 2. The van der Waals surface area contributed by atoms with Gasteiger partial charge in [0, 0.05) is 24.2 Å². The highest BCUT2D eigenvalue weighted by atomic mass is 16.5. The van der Waals surface area contributed by atoms with Crippen LogP contribution in [0.5, 0.6) is 11.5 Å². The Labute approximate surface area is 170 Å². The van der Waals surface area contributed by atoms with Crippen LogP contribution in [0.15, 0.2) is 22.6 Å². The van der Waals surface area contributed by atoms with Gasteiger partial charge >= 0.3 is 5.97 Å². The van der Waals surface area contributed by atoms with Crippen molar-refractivity contribution in [1.82, 2.24) is 10.2 Å². The molecule has 0 unspecified atom stereocenters. The van der Waals surface area contributed by atoms with Crippen molar-refractivity contribution < 1.29 is 23.8 Å². The molecular formula is C22H26N2O5. The van der Waals surface area contributed by atoms with Crippen LogP contribution in [0.1, 0.15) is 46.9 Å². The van der Waals surface area contributed by atoms with E-state index in [0.717, 1.165) is 19.6 Å². The number of hydrogen-bond acceptors (Lipinski definition) is 6. The van der Waals surface area contributed by atoms with E-state index in [4.69, 9.17) is 9.15 Å². The largest absolute Gasteiger partial charge is 0.508 e. The highest BCUT2D eigenvalue weighted by molar-refractivity contribution is 6.26. The average molecular weight is 398 g/mol. The Morgan fingerprint density at radius 3 is 2.66 bits per heavy atom. The number of rotatable bonds is 7. The number of amides is 1. The second-order valence-corrected chi connectivity index (χ2v) is 6.93. The Morgan fingerprint density at radius 2 is 1.97 bits per heavy atom. The molecule has 0 bridgehead atoms. The summed E-state index contributed by atoms with van der Waals surface area (Å²) in [5, 5.41) is 12.7. The summed E-state index contributed by atoms with van der Waals surface area (Å²) in [6.07, 6.45) is 1.56. The van der Waals surface area contributed by atoms with Gasteiger partial charge in [-0.05, 0) is 51.2 Å². The van der Waals surface area contributed by atoms with Crippen LogP contribution in [0.3, 0.4) is 0 Å². The monoisotopic (exact) mass is 398 g/mol. The Hall–Kier alpha value is -3.06. The first kappa shape index (κ1) is 20.7. The van der Waals surface area contributed by atoms with Crippen molar-refractivity contribution in [3.8, 4) is 11.5 Å². The molecule has 0 saturated carbocycles. The van der Waals surface area contributed by atoms with Crippen molar-refractivity contribution in [2.45, 2.75) is 27.7 Å². The van der Waals surface area contributed by atoms with Crippen molar-refractivity contribution in [2.75, 3.05) is 26.2 Å². The zero-order valence-corrected chi connectivity index (χ0v) is 17.2. The van der Waals surface area contributed by atoms with Crippen molar-refractivity contribution in [1.29, 1.82) is 0 Å². The molecule has 1 aliphatic heterocycles. The normalized spacial score (nSPS) is 14.4. The molecule has 3 rings (SSSR count). The molecule has 1 aromatic heterocycles. The number of aryl methyl sites for hydroxylation is 1. The van der Waals surface area contributed by atoms with Gasteiger partial charge in [0.2, 0.25) is 0 Å². The number of likely N-dealkylation sites (N-methyl/N-ethyl adjacent to an activating group) is 1. The maximum atomic E-state index is 12.7. The van der Waals surface area contributed by atoms with Crippen molar-refractivity contribution >= 4 is 23.5 Å². The van der Waals surface area contributed by atoms with Gasteiger partial charge in [-0.15, -0.1) is 0 Å². The fourth-order valence-corrected chi connectivity index (χ4v) is 3.45. The van der Waals surface area contributed by atoms with E-state index in [9.17, 15) is 14.7 Å². The van der Waals surface area contributed by atoms with Crippen LogP contribution in [0, 0.1) is 13.8 Å². The maximum Gasteiger partial charge on any atom is 0.344 e. The number of hydrogen-bond donors (Lipinski definition) is 2. The van der Waals surface area contributed by atoms with Gasteiger partial charge in [-0.3, -0.25) is 4.79 Å². The first-order valence-electron chi connectivity index (χ1n) is 9.73. The van der Waals surface area contributed by atoms with Gasteiger partial charge in [0.25, 0.3) is 5.91 Å². The average Bonchev–Trinajstić information content (AvgIpc) is 3.14. The van der Waals surface area contributed by atoms with Gasteiger partial charge in [-0.2, -0.15) is 0 Å². The molecule has 1 aromatic carbocycles. The molecule has 7 heteroatoms. The van der Waals surface area contributed by atoms with E-state index < -0.39 is 5.97 Å². The van der Waals surface area contributed by atoms with Crippen molar-refractivity contribution in [2.24, 2.45) is 0 Å². The smallest absolute Gasteiger partial charge is 0.344 e.